The van der Waals surface area contributed by atoms with Gasteiger partial charge < -0.3 is 10.2 Å². The third-order valence-corrected chi connectivity index (χ3v) is 3.45. The molecule has 0 aliphatic heterocycles. The van der Waals surface area contributed by atoms with Gasteiger partial charge >= 0.3 is 5.97 Å². The zero-order valence-electron chi connectivity index (χ0n) is 12.9. The first-order chi connectivity index (χ1) is 9.66. The second kappa shape index (κ2) is 6.83. The zero-order valence-corrected chi connectivity index (χ0v) is 12.9. The number of carbonyl (C=O) groups is 2. The number of nitrogens with one attached hydrogen (secondary N) is 1. The average molecular weight is 293 g/mol. The molecule has 3 N–H and O–H groups in total. The summed E-state index contributed by atoms with van der Waals surface area (Å²) in [5.74, 6) is -1.33. The van der Waals surface area contributed by atoms with Crippen molar-refractivity contribution >= 4 is 11.8 Å². The molecule has 0 amide bonds. The summed E-state index contributed by atoms with van der Waals surface area (Å²) in [6.45, 7) is 7.10. The molecule has 0 aliphatic carbocycles. The fourth-order valence-corrected chi connectivity index (χ4v) is 2.00. The van der Waals surface area contributed by atoms with E-state index >= 15 is 0 Å². The first kappa shape index (κ1) is 17.3. The average Bonchev–Trinajstić information content (AvgIpc) is 2.39. The molecule has 0 spiro atoms. The van der Waals surface area contributed by atoms with Gasteiger partial charge in [0.25, 0.3) is 0 Å². The summed E-state index contributed by atoms with van der Waals surface area (Å²) in [6, 6.07) is 4.44. The molecule has 0 fully saturated rings. The van der Waals surface area contributed by atoms with Crippen molar-refractivity contribution in [1.82, 2.24) is 5.32 Å². The Labute approximate surface area is 125 Å². The minimum Gasteiger partial charge on any atom is -0.481 e. The number of carbonyl (C=O) groups excluding carboxylic acids is 1. The van der Waals surface area contributed by atoms with Crippen molar-refractivity contribution in [1.29, 1.82) is 0 Å². The van der Waals surface area contributed by atoms with Gasteiger partial charge in [0.1, 0.15) is 0 Å². The van der Waals surface area contributed by atoms with Crippen molar-refractivity contribution in [2.75, 3.05) is 6.61 Å². The Balaban J connectivity index is 3.04. The lowest BCUT2D eigenvalue weighted by Gasteiger charge is -2.29. The van der Waals surface area contributed by atoms with Gasteiger partial charge in [0.2, 0.25) is 0 Å². The Morgan fingerprint density at radius 1 is 1.24 bits per heavy atom. The molecule has 5 heteroatoms. The van der Waals surface area contributed by atoms with Crippen LogP contribution in [0.3, 0.4) is 0 Å². The van der Waals surface area contributed by atoms with Gasteiger partial charge in [0, 0.05) is 11.1 Å². The molecular weight excluding hydrogens is 270 g/mol. The predicted octanol–water partition coefficient (Wildman–Crippen LogP) is 1.69. The highest BCUT2D eigenvalue weighted by atomic mass is 16.4. The summed E-state index contributed by atoms with van der Waals surface area (Å²) in [4.78, 5) is 23.5. The van der Waals surface area contributed by atoms with Crippen molar-refractivity contribution in [3.05, 3.63) is 34.9 Å². The van der Waals surface area contributed by atoms with Crippen LogP contribution < -0.4 is 5.32 Å². The number of Topliss-reactive ketones (excluding diaryl/α,β-unsaturated/α-hetero) is 1. The summed E-state index contributed by atoms with van der Waals surface area (Å²) < 4.78 is 0. The highest BCUT2D eigenvalue weighted by Gasteiger charge is 2.29. The van der Waals surface area contributed by atoms with E-state index < -0.39 is 17.6 Å². The fraction of sp³-hybridized carbons (Fsp3) is 0.500. The van der Waals surface area contributed by atoms with E-state index in [1.165, 1.54) is 0 Å². The first-order valence-corrected chi connectivity index (χ1v) is 6.88. The SMILES string of the molecule is Cc1ccc(C(=O)C(CC(=O)O)NC(C)(C)CO)cc1C. The van der Waals surface area contributed by atoms with Crippen molar-refractivity contribution in [3.8, 4) is 0 Å². The lowest BCUT2D eigenvalue weighted by molar-refractivity contribution is -0.137. The number of aliphatic hydroxyl groups is 1. The summed E-state index contributed by atoms with van der Waals surface area (Å²) in [5, 5.41) is 21.2. The fourth-order valence-electron chi connectivity index (χ4n) is 2.00. The van der Waals surface area contributed by atoms with E-state index in [9.17, 15) is 14.7 Å². The monoisotopic (exact) mass is 293 g/mol. The van der Waals surface area contributed by atoms with E-state index in [1.54, 1.807) is 26.0 Å². The highest BCUT2D eigenvalue weighted by molar-refractivity contribution is 6.02. The number of hydrogen-bond donors (Lipinski definition) is 3. The Morgan fingerprint density at radius 3 is 2.33 bits per heavy atom. The van der Waals surface area contributed by atoms with Gasteiger partial charge in [-0.2, -0.15) is 0 Å². The van der Waals surface area contributed by atoms with Crippen LogP contribution in [0, 0.1) is 13.8 Å². The number of carboxylic acid groups (broad SMARTS) is 1. The van der Waals surface area contributed by atoms with Crippen molar-refractivity contribution in [2.45, 2.75) is 45.7 Å². The minimum absolute atomic E-state index is 0.191. The summed E-state index contributed by atoms with van der Waals surface area (Å²) in [6.07, 6.45) is -0.324. The second-order valence-electron chi connectivity index (χ2n) is 6.00. The van der Waals surface area contributed by atoms with Gasteiger partial charge in [0.05, 0.1) is 19.1 Å². The third kappa shape index (κ3) is 4.95. The van der Waals surface area contributed by atoms with E-state index in [1.807, 2.05) is 19.9 Å². The van der Waals surface area contributed by atoms with Gasteiger partial charge in [-0.15, -0.1) is 0 Å². The van der Waals surface area contributed by atoms with Crippen molar-refractivity contribution in [3.63, 3.8) is 0 Å². The van der Waals surface area contributed by atoms with Gasteiger partial charge in [-0.05, 0) is 44.9 Å². The van der Waals surface area contributed by atoms with Gasteiger partial charge in [-0.3, -0.25) is 14.9 Å². The van der Waals surface area contributed by atoms with E-state index in [4.69, 9.17) is 5.11 Å². The van der Waals surface area contributed by atoms with Gasteiger partial charge in [-0.25, -0.2) is 0 Å². The molecule has 1 aromatic rings. The first-order valence-electron chi connectivity index (χ1n) is 6.88. The third-order valence-electron chi connectivity index (χ3n) is 3.45. The number of carboxylic acids is 1. The molecule has 1 rings (SSSR count). The van der Waals surface area contributed by atoms with Crippen LogP contribution in [0.4, 0.5) is 0 Å². The van der Waals surface area contributed by atoms with Crippen molar-refractivity contribution < 1.29 is 19.8 Å². The maximum absolute atomic E-state index is 12.5. The Bertz CT molecular complexity index is 537. The minimum atomic E-state index is -1.06. The van der Waals surface area contributed by atoms with Crippen LogP contribution in [0.1, 0.15) is 41.8 Å². The summed E-state index contributed by atoms with van der Waals surface area (Å²) in [7, 11) is 0. The number of rotatable bonds is 7. The second-order valence-corrected chi connectivity index (χ2v) is 6.00. The van der Waals surface area contributed by atoms with Crippen LogP contribution in [0.5, 0.6) is 0 Å². The van der Waals surface area contributed by atoms with E-state index in [0.717, 1.165) is 11.1 Å². The normalized spacial score (nSPS) is 13.0. The molecule has 0 aliphatic rings. The molecule has 0 bridgehead atoms. The Morgan fingerprint density at radius 2 is 1.86 bits per heavy atom. The Hall–Kier alpha value is -1.72. The lowest BCUT2D eigenvalue weighted by Crippen LogP contribution is -2.52. The van der Waals surface area contributed by atoms with Crippen LogP contribution in [-0.4, -0.2) is 40.2 Å². The van der Waals surface area contributed by atoms with Crippen LogP contribution in [0.15, 0.2) is 18.2 Å². The summed E-state index contributed by atoms with van der Waals surface area (Å²) >= 11 is 0. The largest absolute Gasteiger partial charge is 0.481 e. The molecule has 0 heterocycles. The molecular formula is C16H23NO4. The number of aliphatic hydroxyl groups excluding tert-OH is 1. The molecule has 1 unspecified atom stereocenters. The highest BCUT2D eigenvalue weighted by Crippen LogP contribution is 2.15. The molecule has 0 saturated carbocycles. The summed E-state index contributed by atoms with van der Waals surface area (Å²) in [5.41, 5.74) is 1.81. The number of ketones is 1. The van der Waals surface area contributed by atoms with Gasteiger partial charge in [-0.1, -0.05) is 12.1 Å². The molecule has 116 valence electrons. The number of hydrogen-bond acceptors (Lipinski definition) is 4. The predicted molar refractivity (Wildman–Crippen MR) is 80.6 cm³/mol. The maximum Gasteiger partial charge on any atom is 0.305 e. The van der Waals surface area contributed by atoms with Crippen LogP contribution in [0.2, 0.25) is 0 Å². The molecule has 0 saturated heterocycles. The van der Waals surface area contributed by atoms with E-state index in [2.05, 4.69) is 5.32 Å². The van der Waals surface area contributed by atoms with Crippen LogP contribution in [0.25, 0.3) is 0 Å². The molecule has 0 aromatic heterocycles. The molecule has 0 radical (unpaired) electrons. The maximum atomic E-state index is 12.5. The van der Waals surface area contributed by atoms with E-state index in [0.29, 0.717) is 5.56 Å². The zero-order chi connectivity index (χ0) is 16.2. The Kier molecular flexibility index (Phi) is 5.63. The molecule has 21 heavy (non-hydrogen) atoms. The number of aliphatic carboxylic acids is 1. The van der Waals surface area contributed by atoms with Gasteiger partial charge in [0.15, 0.2) is 5.78 Å². The van der Waals surface area contributed by atoms with Crippen LogP contribution >= 0.6 is 0 Å². The van der Waals surface area contributed by atoms with Crippen molar-refractivity contribution in [2.24, 2.45) is 0 Å². The lowest BCUT2D eigenvalue weighted by atomic mass is 9.95. The standard InChI is InChI=1S/C16H23NO4/c1-10-5-6-12(7-11(10)2)15(21)13(8-14(19)20)17-16(3,4)9-18/h5-7,13,17-18H,8-9H2,1-4H3,(H,19,20). The smallest absolute Gasteiger partial charge is 0.305 e. The topological polar surface area (TPSA) is 86.6 Å². The molecule has 1 aromatic carbocycles. The molecule has 5 nitrogen and oxygen atoms in total. The quantitative estimate of drug-likeness (QED) is 0.666. The number of benzene rings is 1. The molecule has 1 atom stereocenters. The van der Waals surface area contributed by atoms with E-state index in [-0.39, 0.29) is 18.8 Å². The van der Waals surface area contributed by atoms with Crippen LogP contribution in [-0.2, 0) is 4.79 Å². The number of aryl methyl sites for hydroxylation is 2.